The number of carbonyl (C=O) groups is 2. The minimum Gasteiger partial charge on any atom is -0.481 e. The molecule has 2 heterocycles. The number of amides is 1. The van der Waals surface area contributed by atoms with E-state index in [2.05, 4.69) is 5.32 Å². The van der Waals surface area contributed by atoms with E-state index in [1.165, 1.54) is 6.07 Å². The van der Waals surface area contributed by atoms with Crippen molar-refractivity contribution in [2.24, 2.45) is 11.8 Å². The van der Waals surface area contributed by atoms with E-state index in [-0.39, 0.29) is 6.54 Å². The lowest BCUT2D eigenvalue weighted by molar-refractivity contribution is -0.146. The molecule has 3 rings (SSSR count). The average molecular weight is 291 g/mol. The Bertz CT molecular complexity index is 615. The van der Waals surface area contributed by atoms with Crippen LogP contribution in [0.1, 0.15) is 5.56 Å². The number of hydrogen-bond acceptors (Lipinski definition) is 3. The summed E-state index contributed by atoms with van der Waals surface area (Å²) < 4.78 is 18.9. The van der Waals surface area contributed by atoms with Crippen molar-refractivity contribution < 1.29 is 23.8 Å². The molecule has 5 nitrogen and oxygen atoms in total. The molecule has 1 amide bonds. The van der Waals surface area contributed by atoms with E-state index in [4.69, 9.17) is 4.74 Å². The first-order valence-corrected chi connectivity index (χ1v) is 6.65. The van der Waals surface area contributed by atoms with Crippen LogP contribution in [-0.4, -0.2) is 29.2 Å². The van der Waals surface area contributed by atoms with E-state index in [0.29, 0.717) is 5.56 Å². The molecule has 2 aliphatic rings. The number of nitrogens with one attached hydrogen (secondary N) is 1. The van der Waals surface area contributed by atoms with E-state index >= 15 is 0 Å². The largest absolute Gasteiger partial charge is 0.481 e. The number of carboxylic acids is 1. The Morgan fingerprint density at radius 1 is 1.19 bits per heavy atom. The highest BCUT2D eigenvalue weighted by molar-refractivity contribution is 5.87. The van der Waals surface area contributed by atoms with Crippen molar-refractivity contribution in [3.05, 3.63) is 47.8 Å². The first-order valence-electron chi connectivity index (χ1n) is 6.65. The smallest absolute Gasteiger partial charge is 0.310 e. The van der Waals surface area contributed by atoms with Gasteiger partial charge in [-0.05, 0) is 6.07 Å². The van der Waals surface area contributed by atoms with E-state index in [0.717, 1.165) is 0 Å². The van der Waals surface area contributed by atoms with E-state index in [1.54, 1.807) is 30.4 Å². The van der Waals surface area contributed by atoms with Crippen LogP contribution < -0.4 is 5.32 Å². The molecule has 2 bridgehead atoms. The molecule has 0 aliphatic carbocycles. The van der Waals surface area contributed by atoms with Gasteiger partial charge in [0.05, 0.1) is 18.1 Å². The third-order valence-corrected chi connectivity index (χ3v) is 3.90. The van der Waals surface area contributed by atoms with Gasteiger partial charge in [0.2, 0.25) is 5.91 Å². The van der Waals surface area contributed by atoms with Crippen LogP contribution in [0.15, 0.2) is 36.4 Å². The Morgan fingerprint density at radius 2 is 1.86 bits per heavy atom. The highest BCUT2D eigenvalue weighted by Crippen LogP contribution is 2.39. The van der Waals surface area contributed by atoms with E-state index < -0.39 is 41.7 Å². The fourth-order valence-electron chi connectivity index (χ4n) is 2.86. The maximum Gasteiger partial charge on any atom is 0.310 e. The van der Waals surface area contributed by atoms with Gasteiger partial charge in [-0.25, -0.2) is 4.39 Å². The number of halogens is 1. The van der Waals surface area contributed by atoms with Gasteiger partial charge >= 0.3 is 5.97 Å². The Hall–Kier alpha value is -2.21. The molecule has 110 valence electrons. The van der Waals surface area contributed by atoms with Gasteiger partial charge in [0, 0.05) is 12.1 Å². The van der Waals surface area contributed by atoms with Gasteiger partial charge in [0.1, 0.15) is 11.7 Å². The predicted octanol–water partition coefficient (Wildman–Crippen LogP) is 1.10. The zero-order chi connectivity index (χ0) is 15.0. The van der Waals surface area contributed by atoms with Crippen molar-refractivity contribution in [3.63, 3.8) is 0 Å². The third kappa shape index (κ3) is 2.42. The molecular weight excluding hydrogens is 277 g/mol. The molecule has 2 aliphatic heterocycles. The second-order valence-corrected chi connectivity index (χ2v) is 5.15. The average Bonchev–Trinajstić information content (AvgIpc) is 3.06. The van der Waals surface area contributed by atoms with Crippen LogP contribution >= 0.6 is 0 Å². The summed E-state index contributed by atoms with van der Waals surface area (Å²) in [5.41, 5.74) is 0.359. The maximum absolute atomic E-state index is 13.5. The van der Waals surface area contributed by atoms with Crippen molar-refractivity contribution in [2.75, 3.05) is 0 Å². The van der Waals surface area contributed by atoms with E-state index in [9.17, 15) is 19.1 Å². The van der Waals surface area contributed by atoms with Crippen LogP contribution in [0, 0.1) is 17.7 Å². The second-order valence-electron chi connectivity index (χ2n) is 5.15. The molecule has 1 aromatic carbocycles. The van der Waals surface area contributed by atoms with Crippen LogP contribution in [0.5, 0.6) is 0 Å². The fourth-order valence-corrected chi connectivity index (χ4v) is 2.86. The summed E-state index contributed by atoms with van der Waals surface area (Å²) in [5.74, 6) is -3.55. The van der Waals surface area contributed by atoms with Crippen LogP contribution in [0.25, 0.3) is 0 Å². The standard InChI is InChI=1S/C15H14FNO4/c16-9-4-2-1-3-8(9)7-17-14(18)12-10-5-6-11(21-10)13(12)15(19)20/h1-6,10-13H,7H2,(H,17,18)(H,19,20)/t10-,11-,12+,13+/m1/s1. The molecule has 4 atom stereocenters. The number of carbonyl (C=O) groups excluding carboxylic acids is 1. The molecule has 0 saturated carbocycles. The molecule has 0 unspecified atom stereocenters. The zero-order valence-corrected chi connectivity index (χ0v) is 11.0. The van der Waals surface area contributed by atoms with Crippen molar-refractivity contribution in [2.45, 2.75) is 18.8 Å². The quantitative estimate of drug-likeness (QED) is 0.814. The monoisotopic (exact) mass is 291 g/mol. The molecule has 6 heteroatoms. The molecule has 2 N–H and O–H groups in total. The van der Waals surface area contributed by atoms with Crippen molar-refractivity contribution in [3.8, 4) is 0 Å². The highest BCUT2D eigenvalue weighted by atomic mass is 19.1. The number of benzene rings is 1. The lowest BCUT2D eigenvalue weighted by Gasteiger charge is -2.21. The highest BCUT2D eigenvalue weighted by Gasteiger charge is 2.53. The summed E-state index contributed by atoms with van der Waals surface area (Å²) in [5, 5.41) is 11.8. The van der Waals surface area contributed by atoms with Crippen molar-refractivity contribution >= 4 is 11.9 Å². The molecule has 1 saturated heterocycles. The Kier molecular flexibility index (Phi) is 3.47. The van der Waals surface area contributed by atoms with Crippen LogP contribution in [0.4, 0.5) is 4.39 Å². The Morgan fingerprint density at radius 3 is 2.52 bits per heavy atom. The van der Waals surface area contributed by atoms with Crippen LogP contribution in [0.3, 0.4) is 0 Å². The topological polar surface area (TPSA) is 75.6 Å². The van der Waals surface area contributed by atoms with Gasteiger partial charge in [0.25, 0.3) is 0 Å². The first kappa shape index (κ1) is 13.8. The minimum atomic E-state index is -1.06. The molecule has 0 spiro atoms. The van der Waals surface area contributed by atoms with Gasteiger partial charge in [-0.3, -0.25) is 9.59 Å². The first-order chi connectivity index (χ1) is 10.1. The molecule has 21 heavy (non-hydrogen) atoms. The van der Waals surface area contributed by atoms with Crippen molar-refractivity contribution in [1.82, 2.24) is 5.32 Å². The van der Waals surface area contributed by atoms with Gasteiger partial charge in [-0.1, -0.05) is 30.4 Å². The minimum absolute atomic E-state index is 0.0233. The molecule has 1 aromatic rings. The van der Waals surface area contributed by atoms with E-state index in [1.807, 2.05) is 0 Å². The van der Waals surface area contributed by atoms with Crippen LogP contribution in [0.2, 0.25) is 0 Å². The molecule has 1 fully saturated rings. The zero-order valence-electron chi connectivity index (χ0n) is 11.0. The lowest BCUT2D eigenvalue weighted by Crippen LogP contribution is -2.42. The third-order valence-electron chi connectivity index (χ3n) is 3.90. The number of aliphatic carboxylic acids is 1. The molecule has 0 aromatic heterocycles. The van der Waals surface area contributed by atoms with Gasteiger partial charge in [0.15, 0.2) is 0 Å². The Labute approximate surface area is 120 Å². The van der Waals surface area contributed by atoms with Gasteiger partial charge in [-0.15, -0.1) is 0 Å². The SMILES string of the molecule is O=C(O)[C@@H]1[C@@H](C(=O)NCc2ccccc2F)[C@H]2C=C[C@H]1O2. The summed E-state index contributed by atoms with van der Waals surface area (Å²) >= 11 is 0. The summed E-state index contributed by atoms with van der Waals surface area (Å²) in [6.45, 7) is 0.0233. The normalized spacial score (nSPS) is 29.6. The molecule has 0 radical (unpaired) electrons. The number of fused-ring (bicyclic) bond motifs is 2. The number of carboxylic acid groups (broad SMARTS) is 1. The maximum atomic E-state index is 13.5. The van der Waals surface area contributed by atoms with Gasteiger partial charge in [-0.2, -0.15) is 0 Å². The Balaban J connectivity index is 1.69. The molecular formula is C15H14FNO4. The van der Waals surface area contributed by atoms with Crippen molar-refractivity contribution in [1.29, 1.82) is 0 Å². The fraction of sp³-hybridized carbons (Fsp3) is 0.333. The van der Waals surface area contributed by atoms with Crippen LogP contribution in [-0.2, 0) is 20.9 Å². The lowest BCUT2D eigenvalue weighted by atomic mass is 9.82. The second kappa shape index (κ2) is 5.29. The predicted molar refractivity (Wildman–Crippen MR) is 70.7 cm³/mol. The summed E-state index contributed by atoms with van der Waals surface area (Å²) in [7, 11) is 0. The summed E-state index contributed by atoms with van der Waals surface area (Å²) in [6.07, 6.45) is 2.30. The number of rotatable bonds is 4. The van der Waals surface area contributed by atoms with Gasteiger partial charge < -0.3 is 15.2 Å². The summed E-state index contributed by atoms with van der Waals surface area (Å²) in [6, 6.07) is 6.12. The number of ether oxygens (including phenoxy) is 1. The summed E-state index contributed by atoms with van der Waals surface area (Å²) in [4.78, 5) is 23.5. The number of hydrogen-bond donors (Lipinski definition) is 2.